The maximum absolute atomic E-state index is 13.7. The van der Waals surface area contributed by atoms with Crippen LogP contribution in [0.2, 0.25) is 0 Å². The van der Waals surface area contributed by atoms with E-state index in [0.29, 0.717) is 37.3 Å². The summed E-state index contributed by atoms with van der Waals surface area (Å²) in [4.78, 5) is 35.0. The number of carbonyl (C=O) groups is 2. The summed E-state index contributed by atoms with van der Waals surface area (Å²) in [5.74, 6) is -0.123. The van der Waals surface area contributed by atoms with Gasteiger partial charge in [-0.25, -0.2) is 9.50 Å². The molecule has 1 unspecified atom stereocenters. The van der Waals surface area contributed by atoms with E-state index in [1.807, 2.05) is 42.2 Å². The summed E-state index contributed by atoms with van der Waals surface area (Å²) in [6.07, 6.45) is 4.54. The highest BCUT2D eigenvalue weighted by molar-refractivity contribution is 6.05. The Bertz CT molecular complexity index is 1090. The number of pyridine rings is 1. The maximum atomic E-state index is 13.7. The van der Waals surface area contributed by atoms with Gasteiger partial charge in [-0.2, -0.15) is 5.10 Å². The van der Waals surface area contributed by atoms with Crippen LogP contribution in [0.5, 0.6) is 0 Å². The predicted molar refractivity (Wildman–Crippen MR) is 109 cm³/mol. The van der Waals surface area contributed by atoms with E-state index in [4.69, 9.17) is 0 Å². The van der Waals surface area contributed by atoms with Crippen molar-refractivity contribution in [3.63, 3.8) is 0 Å². The van der Waals surface area contributed by atoms with Crippen molar-refractivity contribution in [3.8, 4) is 0 Å². The molecular weight excluding hydrogens is 366 g/mol. The smallest absolute Gasteiger partial charge is 0.273 e. The monoisotopic (exact) mass is 389 g/mol. The van der Waals surface area contributed by atoms with Gasteiger partial charge in [-0.1, -0.05) is 23.8 Å². The fraction of sp³-hybridized carbons (Fsp3) is 0.364. The molecule has 7 heteroatoms. The molecule has 2 amide bonds. The van der Waals surface area contributed by atoms with E-state index in [2.05, 4.69) is 10.1 Å². The lowest BCUT2D eigenvalue weighted by molar-refractivity contribution is -0.130. The van der Waals surface area contributed by atoms with Crippen LogP contribution in [0.4, 0.5) is 5.69 Å². The average Bonchev–Trinajstić information content (AvgIpc) is 3.38. The lowest BCUT2D eigenvalue weighted by Gasteiger charge is -2.44. The number of carbonyl (C=O) groups excluding carboxylic acids is 2. The molecule has 1 aromatic carbocycles. The van der Waals surface area contributed by atoms with E-state index in [1.165, 1.54) is 6.33 Å². The molecule has 3 aromatic rings. The highest BCUT2D eigenvalue weighted by Gasteiger charge is 2.53. The molecule has 1 atom stereocenters. The molecule has 2 aromatic heterocycles. The first-order valence-electron chi connectivity index (χ1n) is 10.1. The number of benzene rings is 1. The molecule has 0 saturated carbocycles. The lowest BCUT2D eigenvalue weighted by Crippen LogP contribution is -2.61. The SMILES string of the molecule is Cc1ccc(N2CCCC3(CCCN3C(=O)c3cccc4ncnn34)C2=O)cc1. The van der Waals surface area contributed by atoms with E-state index >= 15 is 0 Å². The Morgan fingerprint density at radius 2 is 1.79 bits per heavy atom. The first kappa shape index (κ1) is 17.8. The highest BCUT2D eigenvalue weighted by Crippen LogP contribution is 2.40. The molecule has 5 rings (SSSR count). The molecule has 0 aliphatic carbocycles. The molecule has 2 saturated heterocycles. The van der Waals surface area contributed by atoms with Gasteiger partial charge in [0.25, 0.3) is 11.8 Å². The van der Waals surface area contributed by atoms with Crippen LogP contribution in [-0.2, 0) is 4.79 Å². The van der Waals surface area contributed by atoms with E-state index in [0.717, 1.165) is 24.1 Å². The van der Waals surface area contributed by atoms with E-state index in [-0.39, 0.29) is 11.8 Å². The maximum Gasteiger partial charge on any atom is 0.273 e. The predicted octanol–water partition coefficient (Wildman–Crippen LogP) is 2.84. The number of fused-ring (bicyclic) bond motifs is 1. The zero-order valence-electron chi connectivity index (χ0n) is 16.4. The number of amides is 2. The van der Waals surface area contributed by atoms with E-state index in [1.54, 1.807) is 21.5 Å². The summed E-state index contributed by atoms with van der Waals surface area (Å²) >= 11 is 0. The molecule has 0 N–H and O–H groups in total. The number of rotatable bonds is 2. The van der Waals surface area contributed by atoms with Crippen molar-refractivity contribution < 1.29 is 9.59 Å². The summed E-state index contributed by atoms with van der Waals surface area (Å²) in [5, 5.41) is 4.20. The van der Waals surface area contributed by atoms with Gasteiger partial charge in [-0.05, 0) is 56.9 Å². The second kappa shape index (κ2) is 6.69. The molecular formula is C22H23N5O2. The lowest BCUT2D eigenvalue weighted by atomic mass is 9.84. The topological polar surface area (TPSA) is 70.8 Å². The van der Waals surface area contributed by atoms with Crippen molar-refractivity contribution in [2.45, 2.75) is 38.1 Å². The Morgan fingerprint density at radius 1 is 1.03 bits per heavy atom. The minimum absolute atomic E-state index is 0.0317. The molecule has 2 aliphatic heterocycles. The van der Waals surface area contributed by atoms with Crippen molar-refractivity contribution in [2.24, 2.45) is 0 Å². The Morgan fingerprint density at radius 3 is 2.59 bits per heavy atom. The normalized spacial score (nSPS) is 22.0. The number of aryl methyl sites for hydroxylation is 1. The third-order valence-corrected chi connectivity index (χ3v) is 6.22. The number of aromatic nitrogens is 3. The fourth-order valence-corrected chi connectivity index (χ4v) is 4.76. The van der Waals surface area contributed by atoms with Crippen LogP contribution < -0.4 is 4.90 Å². The molecule has 2 aliphatic rings. The first-order chi connectivity index (χ1) is 14.1. The third-order valence-electron chi connectivity index (χ3n) is 6.22. The molecule has 0 radical (unpaired) electrons. The molecule has 1 spiro atoms. The zero-order chi connectivity index (χ0) is 20.0. The van der Waals surface area contributed by atoms with Gasteiger partial charge in [0, 0.05) is 18.8 Å². The van der Waals surface area contributed by atoms with Crippen LogP contribution in [0.3, 0.4) is 0 Å². The van der Waals surface area contributed by atoms with Gasteiger partial charge >= 0.3 is 0 Å². The molecule has 7 nitrogen and oxygen atoms in total. The van der Waals surface area contributed by atoms with Crippen molar-refractivity contribution in [1.29, 1.82) is 0 Å². The summed E-state index contributed by atoms with van der Waals surface area (Å²) in [6, 6.07) is 13.4. The Hall–Kier alpha value is -3.22. The summed E-state index contributed by atoms with van der Waals surface area (Å²) in [7, 11) is 0. The van der Waals surface area contributed by atoms with Crippen LogP contribution in [0.1, 0.15) is 41.7 Å². The minimum atomic E-state index is -0.775. The van der Waals surface area contributed by atoms with Gasteiger partial charge < -0.3 is 9.80 Å². The Labute approximate surface area is 168 Å². The Balaban J connectivity index is 1.51. The van der Waals surface area contributed by atoms with Crippen molar-refractivity contribution in [2.75, 3.05) is 18.0 Å². The van der Waals surface area contributed by atoms with Gasteiger partial charge in [0.1, 0.15) is 17.6 Å². The molecule has 0 bridgehead atoms. The number of likely N-dealkylation sites (tertiary alicyclic amines) is 1. The van der Waals surface area contributed by atoms with Gasteiger partial charge in [-0.15, -0.1) is 0 Å². The zero-order valence-corrected chi connectivity index (χ0v) is 16.4. The number of anilines is 1. The average molecular weight is 389 g/mol. The molecule has 2 fully saturated rings. The van der Waals surface area contributed by atoms with Crippen molar-refractivity contribution >= 4 is 23.1 Å². The number of nitrogens with zero attached hydrogens (tertiary/aromatic N) is 5. The highest BCUT2D eigenvalue weighted by atomic mass is 16.2. The largest absolute Gasteiger partial charge is 0.323 e. The standard InChI is InChI=1S/C22H23N5O2/c1-16-7-9-17(10-8-16)25-13-3-11-22(21(25)29)12-4-14-26(22)20(28)18-5-2-6-19-23-15-24-27(18)19/h2,5-10,15H,3-4,11-14H2,1H3. The third kappa shape index (κ3) is 2.72. The summed E-state index contributed by atoms with van der Waals surface area (Å²) in [6.45, 7) is 3.30. The van der Waals surface area contributed by atoms with Gasteiger partial charge in [0.15, 0.2) is 5.65 Å². The number of hydrogen-bond donors (Lipinski definition) is 0. The van der Waals surface area contributed by atoms with Gasteiger partial charge in [0.2, 0.25) is 0 Å². The van der Waals surface area contributed by atoms with E-state index in [9.17, 15) is 9.59 Å². The van der Waals surface area contributed by atoms with Crippen LogP contribution in [0, 0.1) is 6.92 Å². The van der Waals surface area contributed by atoms with Gasteiger partial charge in [-0.3, -0.25) is 9.59 Å². The molecule has 29 heavy (non-hydrogen) atoms. The van der Waals surface area contributed by atoms with Crippen LogP contribution in [0.15, 0.2) is 48.8 Å². The molecule has 148 valence electrons. The van der Waals surface area contributed by atoms with Crippen molar-refractivity contribution in [1.82, 2.24) is 19.5 Å². The van der Waals surface area contributed by atoms with Crippen LogP contribution >= 0.6 is 0 Å². The first-order valence-corrected chi connectivity index (χ1v) is 10.1. The number of piperidine rings is 1. The van der Waals surface area contributed by atoms with Crippen LogP contribution in [-0.4, -0.2) is 49.9 Å². The fourth-order valence-electron chi connectivity index (χ4n) is 4.76. The molecule has 4 heterocycles. The van der Waals surface area contributed by atoms with Crippen LogP contribution in [0.25, 0.3) is 5.65 Å². The van der Waals surface area contributed by atoms with E-state index < -0.39 is 5.54 Å². The minimum Gasteiger partial charge on any atom is -0.323 e. The number of hydrogen-bond acceptors (Lipinski definition) is 4. The summed E-state index contributed by atoms with van der Waals surface area (Å²) < 4.78 is 1.55. The van der Waals surface area contributed by atoms with Crippen molar-refractivity contribution in [3.05, 3.63) is 60.0 Å². The Kier molecular flexibility index (Phi) is 4.12. The van der Waals surface area contributed by atoms with Gasteiger partial charge in [0.05, 0.1) is 0 Å². The summed E-state index contributed by atoms with van der Waals surface area (Å²) in [5.41, 5.74) is 2.36. The second-order valence-corrected chi connectivity index (χ2v) is 7.93. The quantitative estimate of drug-likeness (QED) is 0.676. The second-order valence-electron chi connectivity index (χ2n) is 7.93.